The molecule has 0 amide bonds. The Kier molecular flexibility index (Phi) is 4.32. The Bertz CT molecular complexity index is 1010. The van der Waals surface area contributed by atoms with Gasteiger partial charge < -0.3 is 0 Å². The third-order valence-electron chi connectivity index (χ3n) is 4.25. The predicted molar refractivity (Wildman–Crippen MR) is 99.9 cm³/mol. The van der Waals surface area contributed by atoms with Crippen LogP contribution in [0.1, 0.15) is 17.2 Å². The zero-order valence-corrected chi connectivity index (χ0v) is 14.9. The van der Waals surface area contributed by atoms with Crippen LogP contribution in [0.15, 0.2) is 77.3 Å². The summed E-state index contributed by atoms with van der Waals surface area (Å²) in [6.45, 7) is 0. The summed E-state index contributed by atoms with van der Waals surface area (Å²) in [5, 5.41) is 8.65. The molecule has 4 aromatic rings. The molecule has 0 aliphatic rings. The molecule has 0 spiro atoms. The lowest BCUT2D eigenvalue weighted by Crippen LogP contribution is -2.15. The minimum Gasteiger partial charge on any atom is -0.237 e. The molecule has 3 nitrogen and oxygen atoms in total. The first kappa shape index (κ1) is 16.0. The molecule has 0 radical (unpaired) electrons. The van der Waals surface area contributed by atoms with Gasteiger partial charge in [0.05, 0.1) is 11.6 Å². The van der Waals surface area contributed by atoms with Crippen molar-refractivity contribution in [3.05, 3.63) is 94.2 Å². The van der Waals surface area contributed by atoms with Gasteiger partial charge in [0, 0.05) is 4.47 Å². The largest absolute Gasteiger partial charge is 0.237 e. The van der Waals surface area contributed by atoms with Gasteiger partial charge in [0.15, 0.2) is 0 Å². The molecule has 5 heteroatoms. The van der Waals surface area contributed by atoms with Crippen molar-refractivity contribution < 1.29 is 4.39 Å². The van der Waals surface area contributed by atoms with E-state index in [2.05, 4.69) is 38.4 Å². The van der Waals surface area contributed by atoms with Gasteiger partial charge >= 0.3 is 0 Å². The Labute approximate surface area is 153 Å². The van der Waals surface area contributed by atoms with Gasteiger partial charge in [-0.3, -0.25) is 0 Å². The van der Waals surface area contributed by atoms with Crippen LogP contribution in [0.5, 0.6) is 0 Å². The number of rotatable bonds is 4. The van der Waals surface area contributed by atoms with Gasteiger partial charge in [-0.25, -0.2) is 9.07 Å². The highest BCUT2D eigenvalue weighted by molar-refractivity contribution is 9.10. The molecule has 1 atom stereocenters. The van der Waals surface area contributed by atoms with E-state index in [1.54, 1.807) is 0 Å². The Morgan fingerprint density at radius 3 is 2.56 bits per heavy atom. The smallest absolute Gasteiger partial charge is 0.123 e. The van der Waals surface area contributed by atoms with Crippen LogP contribution in [-0.4, -0.2) is 15.0 Å². The molecule has 0 aliphatic heterocycles. The van der Waals surface area contributed by atoms with E-state index in [1.807, 2.05) is 53.2 Å². The number of aromatic nitrogens is 3. The van der Waals surface area contributed by atoms with E-state index < -0.39 is 0 Å². The van der Waals surface area contributed by atoms with E-state index >= 15 is 0 Å². The van der Waals surface area contributed by atoms with Crippen molar-refractivity contribution in [2.75, 3.05) is 0 Å². The molecule has 1 heterocycles. The molecule has 0 aliphatic carbocycles. The second-order valence-corrected chi connectivity index (χ2v) is 6.84. The van der Waals surface area contributed by atoms with Crippen LogP contribution >= 0.6 is 15.9 Å². The molecule has 1 unspecified atom stereocenters. The molecule has 25 heavy (non-hydrogen) atoms. The van der Waals surface area contributed by atoms with E-state index in [0.29, 0.717) is 0 Å². The van der Waals surface area contributed by atoms with Crippen molar-refractivity contribution >= 4 is 27.0 Å². The molecular weight excluding hydrogens is 381 g/mol. The van der Waals surface area contributed by atoms with Gasteiger partial charge in [-0.05, 0) is 53.9 Å². The maximum Gasteiger partial charge on any atom is 0.123 e. The quantitative estimate of drug-likeness (QED) is 0.477. The molecule has 3 aromatic carbocycles. The second kappa shape index (κ2) is 6.76. The zero-order chi connectivity index (χ0) is 17.2. The van der Waals surface area contributed by atoms with Gasteiger partial charge in [-0.1, -0.05) is 57.5 Å². The van der Waals surface area contributed by atoms with Crippen LogP contribution in [-0.2, 0) is 6.42 Å². The fourth-order valence-corrected chi connectivity index (χ4v) is 3.48. The number of fused-ring (bicyclic) bond motifs is 1. The Hall–Kier alpha value is -2.53. The average Bonchev–Trinajstić information content (AvgIpc) is 3.05. The van der Waals surface area contributed by atoms with E-state index in [-0.39, 0.29) is 11.9 Å². The van der Waals surface area contributed by atoms with Crippen LogP contribution in [0.25, 0.3) is 11.0 Å². The fraction of sp³-hybridized carbons (Fsp3) is 0.100. The Balaban J connectivity index is 1.82. The predicted octanol–water partition coefficient (Wildman–Crippen LogP) is 5.17. The minimum atomic E-state index is -0.242. The van der Waals surface area contributed by atoms with Crippen molar-refractivity contribution in [3.8, 4) is 0 Å². The summed E-state index contributed by atoms with van der Waals surface area (Å²) in [5.41, 5.74) is 3.98. The monoisotopic (exact) mass is 395 g/mol. The fourth-order valence-electron chi connectivity index (χ4n) is 3.03. The molecule has 4 rings (SSSR count). The number of nitrogens with zero attached hydrogens (tertiary/aromatic N) is 3. The lowest BCUT2D eigenvalue weighted by atomic mass is 9.98. The van der Waals surface area contributed by atoms with Gasteiger partial charge in [0.25, 0.3) is 0 Å². The van der Waals surface area contributed by atoms with Crippen molar-refractivity contribution in [2.24, 2.45) is 0 Å². The van der Waals surface area contributed by atoms with E-state index in [0.717, 1.165) is 27.5 Å². The molecular formula is C20H15BrFN3. The topological polar surface area (TPSA) is 30.7 Å². The summed E-state index contributed by atoms with van der Waals surface area (Å²) in [6, 6.07) is 22.6. The summed E-state index contributed by atoms with van der Waals surface area (Å²) in [7, 11) is 0. The maximum absolute atomic E-state index is 13.4. The highest BCUT2D eigenvalue weighted by Gasteiger charge is 2.19. The van der Waals surface area contributed by atoms with E-state index in [4.69, 9.17) is 0 Å². The second-order valence-electron chi connectivity index (χ2n) is 5.92. The van der Waals surface area contributed by atoms with Crippen molar-refractivity contribution in [2.45, 2.75) is 12.5 Å². The lowest BCUT2D eigenvalue weighted by molar-refractivity contribution is 0.517. The average molecular weight is 396 g/mol. The number of benzene rings is 3. The van der Waals surface area contributed by atoms with Crippen molar-refractivity contribution in [1.29, 1.82) is 0 Å². The maximum atomic E-state index is 13.4. The molecule has 124 valence electrons. The third-order valence-corrected chi connectivity index (χ3v) is 4.74. The minimum absolute atomic E-state index is 0.0673. The highest BCUT2D eigenvalue weighted by atomic mass is 79.9. The first-order valence-corrected chi connectivity index (χ1v) is 8.80. The van der Waals surface area contributed by atoms with Crippen LogP contribution in [0.3, 0.4) is 0 Å². The van der Waals surface area contributed by atoms with Gasteiger partial charge in [0.2, 0.25) is 0 Å². The lowest BCUT2D eigenvalue weighted by Gasteiger charge is -2.19. The zero-order valence-electron chi connectivity index (χ0n) is 13.3. The molecule has 0 bridgehead atoms. The van der Waals surface area contributed by atoms with Gasteiger partial charge in [-0.15, -0.1) is 5.10 Å². The Morgan fingerprint density at radius 1 is 0.960 bits per heavy atom. The van der Waals surface area contributed by atoms with Crippen molar-refractivity contribution in [1.82, 2.24) is 15.0 Å². The third kappa shape index (κ3) is 3.33. The number of hydrogen-bond donors (Lipinski definition) is 0. The van der Waals surface area contributed by atoms with Crippen LogP contribution in [0.2, 0.25) is 0 Å². The summed E-state index contributed by atoms with van der Waals surface area (Å²) >= 11 is 3.52. The highest BCUT2D eigenvalue weighted by Crippen LogP contribution is 2.27. The molecule has 0 saturated heterocycles. The molecule has 1 aromatic heterocycles. The van der Waals surface area contributed by atoms with E-state index in [1.165, 1.54) is 17.7 Å². The van der Waals surface area contributed by atoms with Crippen LogP contribution in [0, 0.1) is 5.82 Å². The number of halogens is 2. The van der Waals surface area contributed by atoms with Crippen LogP contribution < -0.4 is 0 Å². The summed E-state index contributed by atoms with van der Waals surface area (Å²) in [4.78, 5) is 0. The first-order chi connectivity index (χ1) is 12.2. The summed E-state index contributed by atoms with van der Waals surface area (Å²) in [5.74, 6) is -0.242. The SMILES string of the molecule is Fc1ccc(C(Cc2cccc(Br)c2)n2nnc3ccccc32)cc1. The van der Waals surface area contributed by atoms with Crippen molar-refractivity contribution in [3.63, 3.8) is 0 Å². The summed E-state index contributed by atoms with van der Waals surface area (Å²) in [6.07, 6.45) is 0.735. The number of para-hydroxylation sites is 1. The molecule has 0 saturated carbocycles. The normalized spacial score (nSPS) is 12.4. The number of hydrogen-bond acceptors (Lipinski definition) is 2. The van der Waals surface area contributed by atoms with E-state index in [9.17, 15) is 4.39 Å². The first-order valence-electron chi connectivity index (χ1n) is 8.00. The van der Waals surface area contributed by atoms with Gasteiger partial charge in [0.1, 0.15) is 11.3 Å². The van der Waals surface area contributed by atoms with Crippen LogP contribution in [0.4, 0.5) is 4.39 Å². The standard InChI is InChI=1S/C20H15BrFN3/c21-16-5-3-4-14(12-16)13-20(15-8-10-17(22)11-9-15)25-19-7-2-1-6-18(19)23-24-25/h1-12,20H,13H2. The summed E-state index contributed by atoms with van der Waals surface area (Å²) < 4.78 is 16.3. The Morgan fingerprint density at radius 2 is 1.76 bits per heavy atom. The molecule has 0 fully saturated rings. The molecule has 0 N–H and O–H groups in total. The van der Waals surface area contributed by atoms with Gasteiger partial charge in [-0.2, -0.15) is 0 Å².